The molecule has 4 heteroatoms. The predicted molar refractivity (Wildman–Crippen MR) is 52.1 cm³/mol. The van der Waals surface area contributed by atoms with E-state index in [-0.39, 0.29) is 0 Å². The van der Waals surface area contributed by atoms with Crippen LogP contribution in [0.1, 0.15) is 22.8 Å². The van der Waals surface area contributed by atoms with Gasteiger partial charge in [0.25, 0.3) is 0 Å². The Morgan fingerprint density at radius 1 is 0.929 bits per heavy atom. The van der Waals surface area contributed by atoms with Gasteiger partial charge in [-0.05, 0) is 26.0 Å². The third-order valence-corrected chi connectivity index (χ3v) is 2.59. The van der Waals surface area contributed by atoms with Crippen LogP contribution in [0.5, 0.6) is 0 Å². The first-order valence-corrected chi connectivity index (χ1v) is 4.79. The van der Waals surface area contributed by atoms with Crippen molar-refractivity contribution in [1.29, 1.82) is 0 Å². The Morgan fingerprint density at radius 2 is 1.36 bits per heavy atom. The lowest BCUT2D eigenvalue weighted by atomic mass is 10.3. The lowest BCUT2D eigenvalue weighted by Gasteiger charge is -2.15. The second-order valence-electron chi connectivity index (χ2n) is 3.87. The molecule has 4 nitrogen and oxygen atoms in total. The Balaban J connectivity index is 2.10. The molecule has 0 amide bonds. The Hall–Kier alpha value is -1.58. The first kappa shape index (κ1) is 7.79. The van der Waals surface area contributed by atoms with E-state index < -0.39 is 0 Å². The van der Waals surface area contributed by atoms with Gasteiger partial charge in [-0.15, -0.1) is 0 Å². The fraction of sp³-hybridized carbons (Fsp3) is 0.400. The van der Waals surface area contributed by atoms with Crippen molar-refractivity contribution in [1.82, 2.24) is 19.6 Å². The van der Waals surface area contributed by atoms with E-state index >= 15 is 0 Å². The normalized spacial score (nSPS) is 13.9. The van der Waals surface area contributed by atoms with Crippen LogP contribution in [0, 0.1) is 13.8 Å². The van der Waals surface area contributed by atoms with Gasteiger partial charge in [-0.25, -0.2) is 0 Å². The zero-order valence-corrected chi connectivity index (χ0v) is 8.36. The van der Waals surface area contributed by atoms with Crippen molar-refractivity contribution in [2.75, 3.05) is 0 Å². The number of hydrogen-bond donors (Lipinski definition) is 0. The van der Waals surface area contributed by atoms with E-state index in [9.17, 15) is 0 Å². The molecule has 0 unspecified atom stereocenters. The molecule has 0 aliphatic carbocycles. The summed E-state index contributed by atoms with van der Waals surface area (Å²) in [5, 5.41) is 8.87. The molecule has 1 aliphatic rings. The Labute approximate surface area is 82.2 Å². The average Bonchev–Trinajstić information content (AvgIpc) is 2.59. The van der Waals surface area contributed by atoms with Gasteiger partial charge in [0.2, 0.25) is 0 Å². The Bertz CT molecular complexity index is 407. The molecule has 0 bridgehead atoms. The minimum Gasteiger partial charge on any atom is -0.261 e. The maximum Gasteiger partial charge on any atom is 0.0832 e. The minimum atomic E-state index is 0.851. The summed E-state index contributed by atoms with van der Waals surface area (Å²) in [4.78, 5) is 0. The maximum absolute atomic E-state index is 4.43. The van der Waals surface area contributed by atoms with Crippen LogP contribution in [0.4, 0.5) is 0 Å². The quantitative estimate of drug-likeness (QED) is 0.529. The summed E-state index contributed by atoms with van der Waals surface area (Å²) in [6, 6.07) is 4.25. The molecule has 0 aromatic carbocycles. The van der Waals surface area contributed by atoms with Crippen LogP contribution in [-0.4, -0.2) is 19.6 Å². The van der Waals surface area contributed by atoms with E-state index in [1.165, 1.54) is 11.4 Å². The van der Waals surface area contributed by atoms with Crippen molar-refractivity contribution in [3.05, 3.63) is 34.9 Å². The van der Waals surface area contributed by atoms with Crippen molar-refractivity contribution < 1.29 is 0 Å². The molecular formula is C10H12N4. The van der Waals surface area contributed by atoms with Crippen molar-refractivity contribution in [3.8, 4) is 0 Å². The summed E-state index contributed by atoms with van der Waals surface area (Å²) in [6.45, 7) is 5.76. The lowest BCUT2D eigenvalue weighted by molar-refractivity contribution is 0.504. The number of nitrogens with zero attached hydrogens (tertiary/aromatic N) is 4. The summed E-state index contributed by atoms with van der Waals surface area (Å²) in [6.07, 6.45) is 0. The monoisotopic (exact) mass is 188 g/mol. The van der Waals surface area contributed by atoms with Crippen LogP contribution in [0.15, 0.2) is 12.1 Å². The number of aromatic nitrogens is 4. The van der Waals surface area contributed by atoms with E-state index in [4.69, 9.17) is 0 Å². The van der Waals surface area contributed by atoms with Crippen LogP contribution in [0.3, 0.4) is 0 Å². The number of aryl methyl sites for hydroxylation is 2. The fourth-order valence-electron chi connectivity index (χ4n) is 2.03. The molecule has 0 radical (unpaired) electrons. The largest absolute Gasteiger partial charge is 0.261 e. The molecule has 0 spiro atoms. The summed E-state index contributed by atoms with van der Waals surface area (Å²) in [5.41, 5.74) is 4.67. The van der Waals surface area contributed by atoms with E-state index in [2.05, 4.69) is 31.7 Å². The van der Waals surface area contributed by atoms with Crippen LogP contribution in [0.25, 0.3) is 0 Å². The van der Waals surface area contributed by atoms with Crippen molar-refractivity contribution >= 4 is 0 Å². The van der Waals surface area contributed by atoms with Gasteiger partial charge in [-0.1, -0.05) is 0 Å². The highest BCUT2D eigenvalue weighted by Crippen LogP contribution is 2.16. The topological polar surface area (TPSA) is 35.6 Å². The number of hydrogen-bond acceptors (Lipinski definition) is 2. The van der Waals surface area contributed by atoms with Gasteiger partial charge in [0.15, 0.2) is 0 Å². The zero-order chi connectivity index (χ0) is 9.71. The Morgan fingerprint density at radius 3 is 1.79 bits per heavy atom. The highest BCUT2D eigenvalue weighted by molar-refractivity contribution is 5.18. The summed E-state index contributed by atoms with van der Waals surface area (Å²) >= 11 is 0. The molecule has 14 heavy (non-hydrogen) atoms. The minimum absolute atomic E-state index is 0.851. The predicted octanol–water partition coefficient (Wildman–Crippen LogP) is 1.11. The average molecular weight is 188 g/mol. The molecule has 0 N–H and O–H groups in total. The highest BCUT2D eigenvalue weighted by atomic mass is 15.4. The van der Waals surface area contributed by atoms with Gasteiger partial charge in [0.05, 0.1) is 35.9 Å². The van der Waals surface area contributed by atoms with Crippen molar-refractivity contribution in [2.24, 2.45) is 0 Å². The fourth-order valence-corrected chi connectivity index (χ4v) is 2.03. The molecule has 2 aromatic rings. The molecule has 72 valence electrons. The molecule has 0 fully saturated rings. The third kappa shape index (κ3) is 0.999. The van der Waals surface area contributed by atoms with E-state index in [0.717, 1.165) is 24.5 Å². The smallest absolute Gasteiger partial charge is 0.0832 e. The molecular weight excluding hydrogens is 176 g/mol. The van der Waals surface area contributed by atoms with Gasteiger partial charge in [0.1, 0.15) is 0 Å². The molecule has 0 saturated heterocycles. The molecule has 0 saturated carbocycles. The standard InChI is InChI=1S/C10H12N4/c1-7-3-9-5-14-10(4-8(2)12-14)6-13(9)11-7/h3-4H,5-6H2,1-2H3. The van der Waals surface area contributed by atoms with E-state index in [0.29, 0.717) is 0 Å². The van der Waals surface area contributed by atoms with Gasteiger partial charge in [0, 0.05) is 0 Å². The van der Waals surface area contributed by atoms with Gasteiger partial charge in [-0.3, -0.25) is 9.36 Å². The number of rotatable bonds is 0. The molecule has 2 aromatic heterocycles. The van der Waals surface area contributed by atoms with E-state index in [1.54, 1.807) is 0 Å². The molecule has 3 heterocycles. The van der Waals surface area contributed by atoms with E-state index in [1.807, 2.05) is 13.8 Å². The van der Waals surface area contributed by atoms with Gasteiger partial charge >= 0.3 is 0 Å². The van der Waals surface area contributed by atoms with Crippen molar-refractivity contribution in [2.45, 2.75) is 26.9 Å². The maximum atomic E-state index is 4.43. The van der Waals surface area contributed by atoms with Gasteiger partial charge in [-0.2, -0.15) is 10.2 Å². The second-order valence-corrected chi connectivity index (χ2v) is 3.87. The molecule has 0 atom stereocenters. The summed E-state index contributed by atoms with van der Waals surface area (Å²) < 4.78 is 4.12. The van der Waals surface area contributed by atoms with Crippen molar-refractivity contribution in [3.63, 3.8) is 0 Å². The molecule has 1 aliphatic heterocycles. The zero-order valence-electron chi connectivity index (χ0n) is 8.36. The van der Waals surface area contributed by atoms with Crippen LogP contribution < -0.4 is 0 Å². The first-order chi connectivity index (χ1) is 6.72. The van der Waals surface area contributed by atoms with Gasteiger partial charge < -0.3 is 0 Å². The lowest BCUT2D eigenvalue weighted by Crippen LogP contribution is -2.20. The van der Waals surface area contributed by atoms with Crippen LogP contribution >= 0.6 is 0 Å². The number of fused-ring (bicyclic) bond motifs is 2. The SMILES string of the molecule is Cc1cc2n(n1)Cc1cc(C)nn1C2. The molecule has 3 rings (SSSR count). The van der Waals surface area contributed by atoms with Crippen LogP contribution in [-0.2, 0) is 13.1 Å². The highest BCUT2D eigenvalue weighted by Gasteiger charge is 2.17. The Kier molecular flexibility index (Phi) is 1.37. The first-order valence-electron chi connectivity index (χ1n) is 4.79. The third-order valence-electron chi connectivity index (χ3n) is 2.59. The second kappa shape index (κ2) is 2.47. The summed E-state index contributed by atoms with van der Waals surface area (Å²) in [5.74, 6) is 0. The van der Waals surface area contributed by atoms with Crippen LogP contribution in [0.2, 0.25) is 0 Å². The summed E-state index contributed by atoms with van der Waals surface area (Å²) in [7, 11) is 0.